The number of nitrogens with one attached hydrogen (secondary N) is 1. The molecule has 1 aliphatic rings. The Morgan fingerprint density at radius 1 is 1.41 bits per heavy atom. The molecule has 4 nitrogen and oxygen atoms in total. The second kappa shape index (κ2) is 5.49. The van der Waals surface area contributed by atoms with E-state index in [0.29, 0.717) is 23.1 Å². The number of carbonyl (C=O) groups is 1. The minimum absolute atomic E-state index is 0.202. The van der Waals surface area contributed by atoms with Crippen LogP contribution in [0.3, 0.4) is 0 Å². The molecule has 0 aromatic carbocycles. The summed E-state index contributed by atoms with van der Waals surface area (Å²) >= 11 is 0.923. The normalized spacial score (nSPS) is 17.0. The molecule has 5 heteroatoms. The Hall–Kier alpha value is -1.10. The maximum atomic E-state index is 11.8. The van der Waals surface area contributed by atoms with Crippen molar-refractivity contribution in [3.8, 4) is 0 Å². The number of rotatable bonds is 3. The van der Waals surface area contributed by atoms with Gasteiger partial charge in [0, 0.05) is 5.69 Å². The van der Waals surface area contributed by atoms with Crippen LogP contribution in [0.2, 0.25) is 0 Å². The molecule has 2 rings (SSSR count). The minimum Gasteiger partial charge on any atom is -0.461 e. The first kappa shape index (κ1) is 12.4. The van der Waals surface area contributed by atoms with Gasteiger partial charge in [0.05, 0.1) is 6.61 Å². The second-order valence-electron chi connectivity index (χ2n) is 4.57. The molecular weight excluding hydrogens is 238 g/mol. The van der Waals surface area contributed by atoms with Crippen LogP contribution in [0.4, 0.5) is 0 Å². The van der Waals surface area contributed by atoms with Crippen LogP contribution in [0, 0.1) is 12.8 Å². The van der Waals surface area contributed by atoms with Crippen LogP contribution in [0.1, 0.15) is 47.5 Å². The Morgan fingerprint density at radius 3 is 2.71 bits per heavy atom. The molecule has 1 aromatic rings. The first-order valence-electron chi connectivity index (χ1n) is 6.03. The fourth-order valence-corrected chi connectivity index (χ4v) is 2.95. The predicted octanol–water partition coefficient (Wildman–Crippen LogP) is 2.48. The summed E-state index contributed by atoms with van der Waals surface area (Å²) in [5.74, 6) is 0.139. The molecule has 0 atom stereocenters. The number of H-pyrrole nitrogens is 1. The van der Waals surface area contributed by atoms with E-state index in [0.717, 1.165) is 24.2 Å². The Labute approximate surface area is 104 Å². The largest absolute Gasteiger partial charge is 0.461 e. The van der Waals surface area contributed by atoms with Gasteiger partial charge >= 0.3 is 10.8 Å². The lowest BCUT2D eigenvalue weighted by molar-refractivity contribution is 0.0415. The van der Waals surface area contributed by atoms with Crippen LogP contribution in [0.25, 0.3) is 0 Å². The average Bonchev–Trinajstić information content (AvgIpc) is 2.67. The predicted molar refractivity (Wildman–Crippen MR) is 66.5 cm³/mol. The Morgan fingerprint density at radius 2 is 2.12 bits per heavy atom. The van der Waals surface area contributed by atoms with Crippen molar-refractivity contribution >= 4 is 17.3 Å². The third-order valence-electron chi connectivity index (χ3n) is 3.19. The number of carbonyl (C=O) groups excluding carboxylic acids is 1. The highest BCUT2D eigenvalue weighted by molar-refractivity contribution is 7.11. The topological polar surface area (TPSA) is 59.2 Å². The highest BCUT2D eigenvalue weighted by Crippen LogP contribution is 2.24. The zero-order chi connectivity index (χ0) is 12.3. The number of hydrogen-bond donors (Lipinski definition) is 1. The maximum absolute atomic E-state index is 11.8. The van der Waals surface area contributed by atoms with E-state index in [2.05, 4.69) is 4.98 Å². The zero-order valence-corrected chi connectivity index (χ0v) is 10.8. The third kappa shape index (κ3) is 3.19. The van der Waals surface area contributed by atoms with E-state index >= 15 is 0 Å². The van der Waals surface area contributed by atoms with E-state index in [1.807, 2.05) is 0 Å². The summed E-state index contributed by atoms with van der Waals surface area (Å²) in [6.45, 7) is 2.21. The lowest BCUT2D eigenvalue weighted by Gasteiger charge is -2.20. The number of aromatic nitrogens is 1. The van der Waals surface area contributed by atoms with E-state index in [4.69, 9.17) is 4.74 Å². The number of ether oxygens (including phenoxy) is 1. The van der Waals surface area contributed by atoms with Gasteiger partial charge in [0.15, 0.2) is 0 Å². The van der Waals surface area contributed by atoms with Gasteiger partial charge in [-0.1, -0.05) is 30.6 Å². The van der Waals surface area contributed by atoms with Gasteiger partial charge in [-0.15, -0.1) is 0 Å². The number of hydrogen-bond acceptors (Lipinski definition) is 4. The summed E-state index contributed by atoms with van der Waals surface area (Å²) in [7, 11) is 0. The zero-order valence-electron chi connectivity index (χ0n) is 9.95. The highest BCUT2D eigenvalue weighted by atomic mass is 32.1. The van der Waals surface area contributed by atoms with Crippen LogP contribution in [-0.4, -0.2) is 17.6 Å². The first-order chi connectivity index (χ1) is 8.16. The van der Waals surface area contributed by atoms with Crippen LogP contribution in [-0.2, 0) is 4.74 Å². The highest BCUT2D eigenvalue weighted by Gasteiger charge is 2.18. The van der Waals surface area contributed by atoms with E-state index in [9.17, 15) is 9.59 Å². The quantitative estimate of drug-likeness (QED) is 0.844. The Balaban J connectivity index is 1.88. The molecule has 0 radical (unpaired) electrons. The standard InChI is InChI=1S/C12H17NO3S/c1-8-10(17-12(15)13-8)11(14)16-7-9-5-3-2-4-6-9/h9H,2-7H2,1H3,(H,13,15). The fourth-order valence-electron chi connectivity index (χ4n) is 2.21. The monoisotopic (exact) mass is 255 g/mol. The summed E-state index contributed by atoms with van der Waals surface area (Å²) in [6, 6.07) is 0. The molecule has 1 heterocycles. The van der Waals surface area contributed by atoms with Gasteiger partial charge in [-0.2, -0.15) is 0 Å². The molecule has 1 N–H and O–H groups in total. The number of esters is 1. The van der Waals surface area contributed by atoms with Gasteiger partial charge in [-0.05, 0) is 25.7 Å². The van der Waals surface area contributed by atoms with Crippen LogP contribution in [0.15, 0.2) is 4.79 Å². The summed E-state index contributed by atoms with van der Waals surface area (Å²) in [6.07, 6.45) is 6.06. The molecule has 1 aliphatic carbocycles. The Kier molecular flexibility index (Phi) is 3.99. The van der Waals surface area contributed by atoms with Gasteiger partial charge in [-0.3, -0.25) is 4.79 Å². The van der Waals surface area contributed by atoms with E-state index in [1.165, 1.54) is 19.3 Å². The van der Waals surface area contributed by atoms with E-state index in [-0.39, 0.29) is 10.8 Å². The molecule has 0 bridgehead atoms. The number of thiazole rings is 1. The average molecular weight is 255 g/mol. The summed E-state index contributed by atoms with van der Waals surface area (Å²) < 4.78 is 5.27. The van der Waals surface area contributed by atoms with Crippen molar-refractivity contribution in [3.05, 3.63) is 20.2 Å². The SMILES string of the molecule is Cc1[nH]c(=O)sc1C(=O)OCC1CCCCC1. The van der Waals surface area contributed by atoms with Gasteiger partial charge < -0.3 is 9.72 Å². The maximum Gasteiger partial charge on any atom is 0.350 e. The van der Waals surface area contributed by atoms with Gasteiger partial charge in [0.2, 0.25) is 0 Å². The number of aromatic amines is 1. The smallest absolute Gasteiger partial charge is 0.350 e. The van der Waals surface area contributed by atoms with Crippen molar-refractivity contribution < 1.29 is 9.53 Å². The molecule has 0 saturated heterocycles. The second-order valence-corrected chi connectivity index (χ2v) is 5.55. The van der Waals surface area contributed by atoms with Crippen LogP contribution >= 0.6 is 11.3 Å². The van der Waals surface area contributed by atoms with Crippen molar-refractivity contribution in [2.75, 3.05) is 6.61 Å². The van der Waals surface area contributed by atoms with E-state index in [1.54, 1.807) is 6.92 Å². The van der Waals surface area contributed by atoms with Crippen molar-refractivity contribution in [1.29, 1.82) is 0 Å². The fraction of sp³-hybridized carbons (Fsp3) is 0.667. The molecule has 94 valence electrons. The molecule has 0 unspecified atom stereocenters. The van der Waals surface area contributed by atoms with Crippen molar-refractivity contribution in [2.45, 2.75) is 39.0 Å². The molecule has 1 fully saturated rings. The molecule has 1 saturated carbocycles. The van der Waals surface area contributed by atoms with Crippen molar-refractivity contribution in [1.82, 2.24) is 4.98 Å². The summed E-state index contributed by atoms with van der Waals surface area (Å²) in [4.78, 5) is 25.6. The van der Waals surface area contributed by atoms with Crippen LogP contribution in [0.5, 0.6) is 0 Å². The summed E-state index contributed by atoms with van der Waals surface area (Å²) in [5, 5.41) is 0. The third-order valence-corrected chi connectivity index (χ3v) is 4.15. The lowest BCUT2D eigenvalue weighted by atomic mass is 9.90. The first-order valence-corrected chi connectivity index (χ1v) is 6.85. The van der Waals surface area contributed by atoms with Crippen molar-refractivity contribution in [2.24, 2.45) is 5.92 Å². The molecule has 0 spiro atoms. The molecule has 0 amide bonds. The lowest BCUT2D eigenvalue weighted by Crippen LogP contribution is -2.16. The Bertz CT molecular complexity index is 443. The van der Waals surface area contributed by atoms with Crippen LogP contribution < -0.4 is 4.87 Å². The molecule has 1 aromatic heterocycles. The van der Waals surface area contributed by atoms with Gasteiger partial charge in [0.25, 0.3) is 0 Å². The number of aryl methyl sites for hydroxylation is 1. The van der Waals surface area contributed by atoms with Crippen molar-refractivity contribution in [3.63, 3.8) is 0 Å². The molecule has 0 aliphatic heterocycles. The molecule has 17 heavy (non-hydrogen) atoms. The van der Waals surface area contributed by atoms with Gasteiger partial charge in [-0.25, -0.2) is 4.79 Å². The van der Waals surface area contributed by atoms with Gasteiger partial charge in [0.1, 0.15) is 4.88 Å². The summed E-state index contributed by atoms with van der Waals surface area (Å²) in [5.41, 5.74) is 0.605. The minimum atomic E-state index is -0.364. The van der Waals surface area contributed by atoms with E-state index < -0.39 is 0 Å². The molecular formula is C12H17NO3S.